The summed E-state index contributed by atoms with van der Waals surface area (Å²) >= 11 is 5.67. The minimum Gasteiger partial charge on any atom is -0.335 e. The molecular weight excluding hydrogens is 250 g/mol. The van der Waals surface area contributed by atoms with Crippen LogP contribution in [0, 0.1) is 0 Å². The highest BCUT2D eigenvalue weighted by atomic mass is 35.5. The average molecular weight is 264 g/mol. The van der Waals surface area contributed by atoms with Crippen molar-refractivity contribution in [1.29, 1.82) is 0 Å². The summed E-state index contributed by atoms with van der Waals surface area (Å²) < 4.78 is 1.47. The Labute approximate surface area is 111 Å². The van der Waals surface area contributed by atoms with Gasteiger partial charge in [0.1, 0.15) is 5.38 Å². The quantitative estimate of drug-likeness (QED) is 0.794. The maximum Gasteiger partial charge on any atom is 0.350 e. The Kier molecular flexibility index (Phi) is 4.05. The molecule has 0 spiro atoms. The number of carbonyl (C=O) groups is 1. The Hall–Kier alpha value is -1.74. The van der Waals surface area contributed by atoms with E-state index >= 15 is 0 Å². The summed E-state index contributed by atoms with van der Waals surface area (Å²) in [6, 6.07) is 13.7. The van der Waals surface area contributed by atoms with Gasteiger partial charge >= 0.3 is 5.97 Å². The number of nitrogens with zero attached hydrogens (tertiary/aromatic N) is 1. The summed E-state index contributed by atoms with van der Waals surface area (Å²) in [5.41, 5.74) is 2.07. The first-order valence-corrected chi connectivity index (χ1v) is 6.17. The van der Waals surface area contributed by atoms with Gasteiger partial charge in [-0.05, 0) is 24.6 Å². The zero-order valence-electron chi connectivity index (χ0n) is 10.0. The van der Waals surface area contributed by atoms with Crippen molar-refractivity contribution >= 4 is 17.6 Å². The van der Waals surface area contributed by atoms with E-state index in [1.54, 1.807) is 13.1 Å². The summed E-state index contributed by atoms with van der Waals surface area (Å²) in [5, 5.41) is -0.656. The molecule has 1 atom stereocenters. The molecule has 0 aliphatic rings. The van der Waals surface area contributed by atoms with Gasteiger partial charge in [-0.1, -0.05) is 30.3 Å². The largest absolute Gasteiger partial charge is 0.350 e. The number of hydrogen-bond donors (Lipinski definition) is 0. The third-order valence-electron chi connectivity index (χ3n) is 2.53. The van der Waals surface area contributed by atoms with Gasteiger partial charge < -0.3 is 4.84 Å². The van der Waals surface area contributed by atoms with Crippen molar-refractivity contribution in [3.05, 3.63) is 59.9 Å². The number of benzene rings is 1. The SMILES string of the molecule is CC(Cl)C(=O)On1cccc1Cc1ccccc1. The number of rotatable bonds is 4. The van der Waals surface area contributed by atoms with Crippen molar-refractivity contribution < 1.29 is 9.63 Å². The topological polar surface area (TPSA) is 31.2 Å². The van der Waals surface area contributed by atoms with Gasteiger partial charge in [-0.25, -0.2) is 4.79 Å². The van der Waals surface area contributed by atoms with Crippen molar-refractivity contribution in [2.75, 3.05) is 0 Å². The van der Waals surface area contributed by atoms with Crippen LogP contribution in [0.3, 0.4) is 0 Å². The normalized spacial score (nSPS) is 12.1. The first-order valence-electron chi connectivity index (χ1n) is 5.73. The van der Waals surface area contributed by atoms with Crippen LogP contribution in [0.2, 0.25) is 0 Å². The predicted molar refractivity (Wildman–Crippen MR) is 70.6 cm³/mol. The Bertz CT molecular complexity index is 520. The van der Waals surface area contributed by atoms with E-state index in [-0.39, 0.29) is 0 Å². The van der Waals surface area contributed by atoms with E-state index in [1.165, 1.54) is 4.73 Å². The van der Waals surface area contributed by atoms with Gasteiger partial charge in [0.2, 0.25) is 0 Å². The molecule has 1 unspecified atom stereocenters. The maximum absolute atomic E-state index is 11.4. The zero-order chi connectivity index (χ0) is 13.0. The fourth-order valence-electron chi connectivity index (χ4n) is 1.60. The molecule has 1 heterocycles. The Morgan fingerprint density at radius 2 is 2.00 bits per heavy atom. The van der Waals surface area contributed by atoms with Crippen LogP contribution >= 0.6 is 11.6 Å². The lowest BCUT2D eigenvalue weighted by atomic mass is 10.1. The van der Waals surface area contributed by atoms with Crippen molar-refractivity contribution in [3.8, 4) is 0 Å². The highest BCUT2D eigenvalue weighted by molar-refractivity contribution is 6.29. The predicted octanol–water partition coefficient (Wildman–Crippen LogP) is 2.66. The van der Waals surface area contributed by atoms with E-state index in [1.807, 2.05) is 42.5 Å². The molecule has 0 amide bonds. The smallest absolute Gasteiger partial charge is 0.335 e. The highest BCUT2D eigenvalue weighted by Crippen LogP contribution is 2.09. The zero-order valence-corrected chi connectivity index (χ0v) is 10.8. The van der Waals surface area contributed by atoms with Crippen molar-refractivity contribution in [1.82, 2.24) is 4.73 Å². The molecule has 0 radical (unpaired) electrons. The van der Waals surface area contributed by atoms with Crippen molar-refractivity contribution in [2.45, 2.75) is 18.7 Å². The lowest BCUT2D eigenvalue weighted by Gasteiger charge is -2.10. The van der Waals surface area contributed by atoms with Crippen LogP contribution in [0.25, 0.3) is 0 Å². The fourth-order valence-corrected chi connectivity index (χ4v) is 1.64. The van der Waals surface area contributed by atoms with E-state index in [0.29, 0.717) is 6.42 Å². The van der Waals surface area contributed by atoms with Crippen LogP contribution in [0.5, 0.6) is 0 Å². The molecule has 0 N–H and O–H groups in total. The Balaban J connectivity index is 2.11. The molecule has 3 nitrogen and oxygen atoms in total. The van der Waals surface area contributed by atoms with Crippen LogP contribution in [0.15, 0.2) is 48.7 Å². The molecular formula is C14H14ClNO2. The number of alkyl halides is 1. The molecule has 0 aliphatic carbocycles. The van der Waals surface area contributed by atoms with Crippen LogP contribution in [-0.4, -0.2) is 16.1 Å². The molecule has 2 rings (SSSR count). The average Bonchev–Trinajstić information content (AvgIpc) is 2.78. The minimum atomic E-state index is -0.656. The number of aromatic nitrogens is 1. The third kappa shape index (κ3) is 3.14. The highest BCUT2D eigenvalue weighted by Gasteiger charge is 2.13. The summed E-state index contributed by atoms with van der Waals surface area (Å²) in [6.45, 7) is 1.59. The number of hydrogen-bond acceptors (Lipinski definition) is 2. The Morgan fingerprint density at radius 3 is 2.67 bits per heavy atom. The fraction of sp³-hybridized carbons (Fsp3) is 0.214. The molecule has 18 heavy (non-hydrogen) atoms. The third-order valence-corrected chi connectivity index (χ3v) is 2.71. The van der Waals surface area contributed by atoms with Crippen LogP contribution in [-0.2, 0) is 11.2 Å². The Morgan fingerprint density at radius 1 is 1.28 bits per heavy atom. The van der Waals surface area contributed by atoms with Gasteiger partial charge in [-0.15, -0.1) is 11.6 Å². The molecule has 4 heteroatoms. The first kappa shape index (κ1) is 12.7. The second-order valence-corrected chi connectivity index (χ2v) is 4.67. The van der Waals surface area contributed by atoms with Crippen LogP contribution in [0.4, 0.5) is 0 Å². The number of carbonyl (C=O) groups excluding carboxylic acids is 1. The molecule has 0 bridgehead atoms. The first-order chi connectivity index (χ1) is 8.66. The summed E-state index contributed by atoms with van der Waals surface area (Å²) in [7, 11) is 0. The maximum atomic E-state index is 11.4. The van der Waals surface area contributed by atoms with Crippen LogP contribution in [0.1, 0.15) is 18.2 Å². The molecule has 0 aliphatic heterocycles. The molecule has 1 aromatic carbocycles. The second-order valence-electron chi connectivity index (χ2n) is 4.01. The lowest BCUT2D eigenvalue weighted by molar-refractivity contribution is -0.143. The number of halogens is 1. The standard InChI is InChI=1S/C14H14ClNO2/c1-11(15)14(17)18-16-9-5-8-13(16)10-12-6-3-2-4-7-12/h2-9,11H,10H2,1H3. The minimum absolute atomic E-state index is 0.456. The lowest BCUT2D eigenvalue weighted by Crippen LogP contribution is -2.26. The van der Waals surface area contributed by atoms with Crippen molar-refractivity contribution in [2.24, 2.45) is 0 Å². The summed E-state index contributed by atoms with van der Waals surface area (Å²) in [6.07, 6.45) is 2.41. The van der Waals surface area contributed by atoms with E-state index in [9.17, 15) is 4.79 Å². The monoisotopic (exact) mass is 263 g/mol. The van der Waals surface area contributed by atoms with Gasteiger partial charge in [0.05, 0.1) is 5.69 Å². The molecule has 94 valence electrons. The molecule has 0 fully saturated rings. The molecule has 2 aromatic rings. The van der Waals surface area contributed by atoms with E-state index in [0.717, 1.165) is 11.3 Å². The van der Waals surface area contributed by atoms with E-state index in [4.69, 9.17) is 16.4 Å². The van der Waals surface area contributed by atoms with Gasteiger partial charge in [0.25, 0.3) is 0 Å². The van der Waals surface area contributed by atoms with Gasteiger partial charge in [-0.2, -0.15) is 4.73 Å². The summed E-state index contributed by atoms with van der Waals surface area (Å²) in [5.74, 6) is -0.456. The second kappa shape index (κ2) is 5.74. The van der Waals surface area contributed by atoms with E-state index in [2.05, 4.69) is 0 Å². The molecule has 1 aromatic heterocycles. The van der Waals surface area contributed by atoms with Crippen LogP contribution < -0.4 is 4.84 Å². The van der Waals surface area contributed by atoms with Gasteiger partial charge in [-0.3, -0.25) is 0 Å². The van der Waals surface area contributed by atoms with Gasteiger partial charge in [0, 0.05) is 12.6 Å². The summed E-state index contributed by atoms with van der Waals surface area (Å²) in [4.78, 5) is 16.6. The van der Waals surface area contributed by atoms with E-state index < -0.39 is 11.3 Å². The van der Waals surface area contributed by atoms with Gasteiger partial charge in [0.15, 0.2) is 0 Å². The molecule has 0 saturated carbocycles. The van der Waals surface area contributed by atoms with Crippen molar-refractivity contribution in [3.63, 3.8) is 0 Å². The molecule has 0 saturated heterocycles.